The van der Waals surface area contributed by atoms with Crippen LogP contribution in [0.3, 0.4) is 0 Å². The van der Waals surface area contributed by atoms with Gasteiger partial charge in [0.2, 0.25) is 0 Å². The molecule has 25 heavy (non-hydrogen) atoms. The molecule has 5 nitrogen and oxygen atoms in total. The zero-order valence-corrected chi connectivity index (χ0v) is 13.5. The van der Waals surface area contributed by atoms with Crippen LogP contribution < -0.4 is 15.4 Å². The van der Waals surface area contributed by atoms with Crippen LogP contribution in [0, 0.1) is 5.82 Å². The first-order valence-corrected chi connectivity index (χ1v) is 7.95. The van der Waals surface area contributed by atoms with Crippen LogP contribution in [0.4, 0.5) is 9.18 Å². The SMILES string of the molecule is O=C(NCCOc1ccc2ncccc2c1)NCc1ccccc1F. The van der Waals surface area contributed by atoms with Crippen molar-refractivity contribution in [2.75, 3.05) is 13.2 Å². The number of aromatic nitrogens is 1. The molecule has 0 aliphatic carbocycles. The molecule has 0 saturated heterocycles. The summed E-state index contributed by atoms with van der Waals surface area (Å²) in [6.45, 7) is 0.810. The maximum absolute atomic E-state index is 13.4. The van der Waals surface area contributed by atoms with Gasteiger partial charge in [-0.25, -0.2) is 9.18 Å². The number of nitrogens with zero attached hydrogens (tertiary/aromatic N) is 1. The van der Waals surface area contributed by atoms with E-state index >= 15 is 0 Å². The molecule has 0 unspecified atom stereocenters. The number of hydrogen-bond donors (Lipinski definition) is 2. The van der Waals surface area contributed by atoms with Gasteiger partial charge < -0.3 is 15.4 Å². The molecule has 3 aromatic rings. The number of rotatable bonds is 6. The molecule has 2 aromatic carbocycles. The zero-order chi connectivity index (χ0) is 17.5. The zero-order valence-electron chi connectivity index (χ0n) is 13.5. The third-order valence-electron chi connectivity index (χ3n) is 3.63. The highest BCUT2D eigenvalue weighted by Gasteiger charge is 2.04. The highest BCUT2D eigenvalue weighted by molar-refractivity contribution is 5.79. The van der Waals surface area contributed by atoms with E-state index in [0.717, 1.165) is 10.9 Å². The van der Waals surface area contributed by atoms with Crippen LogP contribution in [0.2, 0.25) is 0 Å². The van der Waals surface area contributed by atoms with E-state index in [9.17, 15) is 9.18 Å². The number of benzene rings is 2. The number of urea groups is 1. The molecule has 0 saturated carbocycles. The first kappa shape index (κ1) is 16.7. The van der Waals surface area contributed by atoms with Crippen molar-refractivity contribution in [3.05, 3.63) is 72.2 Å². The molecule has 0 bridgehead atoms. The summed E-state index contributed by atoms with van der Waals surface area (Å²) in [6.07, 6.45) is 1.74. The number of amides is 2. The predicted octanol–water partition coefficient (Wildman–Crippen LogP) is 3.25. The molecule has 0 aliphatic rings. The summed E-state index contributed by atoms with van der Waals surface area (Å²) in [5.41, 5.74) is 1.35. The predicted molar refractivity (Wildman–Crippen MR) is 93.9 cm³/mol. The van der Waals surface area contributed by atoms with E-state index in [-0.39, 0.29) is 18.4 Å². The fraction of sp³-hybridized carbons (Fsp3) is 0.158. The van der Waals surface area contributed by atoms with E-state index in [2.05, 4.69) is 15.6 Å². The van der Waals surface area contributed by atoms with Gasteiger partial charge in [0, 0.05) is 23.7 Å². The van der Waals surface area contributed by atoms with Crippen molar-refractivity contribution in [2.24, 2.45) is 0 Å². The van der Waals surface area contributed by atoms with Crippen molar-refractivity contribution >= 4 is 16.9 Å². The van der Waals surface area contributed by atoms with E-state index in [1.165, 1.54) is 6.07 Å². The molecule has 0 fully saturated rings. The van der Waals surface area contributed by atoms with E-state index in [1.807, 2.05) is 30.3 Å². The van der Waals surface area contributed by atoms with Crippen LogP contribution in [0.25, 0.3) is 10.9 Å². The van der Waals surface area contributed by atoms with Gasteiger partial charge in [0.25, 0.3) is 0 Å². The number of fused-ring (bicyclic) bond motifs is 1. The first-order valence-electron chi connectivity index (χ1n) is 7.95. The largest absolute Gasteiger partial charge is 0.492 e. The van der Waals surface area contributed by atoms with Crippen molar-refractivity contribution in [1.82, 2.24) is 15.6 Å². The lowest BCUT2D eigenvalue weighted by Crippen LogP contribution is -2.37. The Balaban J connectivity index is 1.40. The fourth-order valence-electron chi connectivity index (χ4n) is 2.36. The van der Waals surface area contributed by atoms with Gasteiger partial charge in [-0.05, 0) is 30.3 Å². The number of ether oxygens (including phenoxy) is 1. The second-order valence-electron chi connectivity index (χ2n) is 5.41. The summed E-state index contributed by atoms with van der Waals surface area (Å²) in [7, 11) is 0. The number of nitrogens with one attached hydrogen (secondary N) is 2. The Morgan fingerprint density at radius 2 is 1.96 bits per heavy atom. The number of carbonyl (C=O) groups is 1. The number of halogens is 1. The molecule has 1 aromatic heterocycles. The van der Waals surface area contributed by atoms with Gasteiger partial charge in [-0.3, -0.25) is 4.98 Å². The summed E-state index contributed by atoms with van der Waals surface area (Å²) < 4.78 is 19.1. The highest BCUT2D eigenvalue weighted by Crippen LogP contribution is 2.18. The van der Waals surface area contributed by atoms with Crippen LogP contribution in [-0.4, -0.2) is 24.2 Å². The molecule has 2 amide bonds. The molecule has 0 aliphatic heterocycles. The smallest absolute Gasteiger partial charge is 0.315 e. The lowest BCUT2D eigenvalue weighted by atomic mass is 10.2. The molecule has 6 heteroatoms. The van der Waals surface area contributed by atoms with Crippen molar-refractivity contribution < 1.29 is 13.9 Å². The Morgan fingerprint density at radius 1 is 1.08 bits per heavy atom. The van der Waals surface area contributed by atoms with Gasteiger partial charge in [0.15, 0.2) is 0 Å². The first-order chi connectivity index (χ1) is 12.2. The average Bonchev–Trinajstić information content (AvgIpc) is 2.64. The summed E-state index contributed by atoms with van der Waals surface area (Å²) in [5.74, 6) is 0.381. The van der Waals surface area contributed by atoms with Gasteiger partial charge >= 0.3 is 6.03 Å². The molecule has 0 atom stereocenters. The van der Waals surface area contributed by atoms with Gasteiger partial charge in [-0.1, -0.05) is 24.3 Å². The molecule has 0 radical (unpaired) electrons. The Kier molecular flexibility index (Phi) is 5.41. The third kappa shape index (κ3) is 4.67. The molecular weight excluding hydrogens is 321 g/mol. The Labute approximate surface area is 144 Å². The lowest BCUT2D eigenvalue weighted by Gasteiger charge is -2.10. The maximum atomic E-state index is 13.4. The van der Waals surface area contributed by atoms with E-state index < -0.39 is 0 Å². The minimum absolute atomic E-state index is 0.136. The summed E-state index contributed by atoms with van der Waals surface area (Å²) in [5, 5.41) is 6.27. The van der Waals surface area contributed by atoms with Crippen LogP contribution in [0.15, 0.2) is 60.8 Å². The van der Waals surface area contributed by atoms with Gasteiger partial charge in [0.05, 0.1) is 12.1 Å². The fourth-order valence-corrected chi connectivity index (χ4v) is 2.36. The van der Waals surface area contributed by atoms with Crippen LogP contribution in [0.5, 0.6) is 5.75 Å². The normalized spacial score (nSPS) is 10.4. The molecule has 2 N–H and O–H groups in total. The lowest BCUT2D eigenvalue weighted by molar-refractivity contribution is 0.236. The summed E-state index contributed by atoms with van der Waals surface area (Å²) >= 11 is 0. The van der Waals surface area contributed by atoms with E-state index in [4.69, 9.17) is 4.74 Å². The van der Waals surface area contributed by atoms with Crippen LogP contribution in [-0.2, 0) is 6.54 Å². The standard InChI is InChI=1S/C19H18FN3O2/c20-17-6-2-1-4-15(17)13-23-19(24)22-10-11-25-16-7-8-18-14(12-16)5-3-9-21-18/h1-9,12H,10-11,13H2,(H2,22,23,24). The van der Waals surface area contributed by atoms with Gasteiger partial charge in [-0.15, -0.1) is 0 Å². The third-order valence-corrected chi connectivity index (χ3v) is 3.63. The van der Waals surface area contributed by atoms with E-state index in [0.29, 0.717) is 24.5 Å². The number of pyridine rings is 1. The maximum Gasteiger partial charge on any atom is 0.315 e. The monoisotopic (exact) mass is 339 g/mol. The highest BCUT2D eigenvalue weighted by atomic mass is 19.1. The van der Waals surface area contributed by atoms with E-state index in [1.54, 1.807) is 24.4 Å². The van der Waals surface area contributed by atoms with Crippen molar-refractivity contribution in [3.8, 4) is 5.75 Å². The molecule has 128 valence electrons. The number of hydrogen-bond acceptors (Lipinski definition) is 3. The minimum Gasteiger partial charge on any atom is -0.492 e. The van der Waals surface area contributed by atoms with Crippen LogP contribution >= 0.6 is 0 Å². The Morgan fingerprint density at radius 3 is 2.84 bits per heavy atom. The second-order valence-corrected chi connectivity index (χ2v) is 5.41. The van der Waals surface area contributed by atoms with Gasteiger partial charge in [-0.2, -0.15) is 0 Å². The molecular formula is C19H18FN3O2. The Bertz CT molecular complexity index is 870. The minimum atomic E-state index is -0.366. The second kappa shape index (κ2) is 8.10. The quantitative estimate of drug-likeness (QED) is 0.678. The average molecular weight is 339 g/mol. The topological polar surface area (TPSA) is 63.2 Å². The van der Waals surface area contributed by atoms with Crippen molar-refractivity contribution in [3.63, 3.8) is 0 Å². The van der Waals surface area contributed by atoms with Crippen molar-refractivity contribution in [2.45, 2.75) is 6.54 Å². The number of carbonyl (C=O) groups excluding carboxylic acids is 1. The molecule has 3 rings (SSSR count). The summed E-state index contributed by atoms with van der Waals surface area (Å²) in [4.78, 5) is 16.0. The molecule has 1 heterocycles. The van der Waals surface area contributed by atoms with Gasteiger partial charge in [0.1, 0.15) is 18.2 Å². The van der Waals surface area contributed by atoms with Crippen LogP contribution in [0.1, 0.15) is 5.56 Å². The molecule has 0 spiro atoms. The van der Waals surface area contributed by atoms with Crippen molar-refractivity contribution in [1.29, 1.82) is 0 Å². The summed E-state index contributed by atoms with van der Waals surface area (Å²) in [6, 6.07) is 15.4. The Hall–Kier alpha value is -3.15.